The summed E-state index contributed by atoms with van der Waals surface area (Å²) in [4.78, 5) is 22.5. The number of carbonyl (C=O) groups excluding carboxylic acids is 1. The van der Waals surface area contributed by atoms with E-state index in [1.54, 1.807) is 0 Å². The van der Waals surface area contributed by atoms with Gasteiger partial charge >= 0.3 is 6.03 Å². The molecule has 2 N–H and O–H groups in total. The zero-order chi connectivity index (χ0) is 22.1. The van der Waals surface area contributed by atoms with Gasteiger partial charge in [0.15, 0.2) is 0 Å². The molecule has 1 fully saturated rings. The summed E-state index contributed by atoms with van der Waals surface area (Å²) in [6.07, 6.45) is 2.76. The number of hydrogen-bond acceptors (Lipinski definition) is 3. The van der Waals surface area contributed by atoms with Crippen LogP contribution in [0.15, 0.2) is 18.2 Å². The van der Waals surface area contributed by atoms with E-state index in [9.17, 15) is 4.79 Å². The molecule has 6 heteroatoms. The number of nitrogens with one attached hydrogen (secondary N) is 2. The van der Waals surface area contributed by atoms with Crippen LogP contribution in [-0.2, 0) is 12.8 Å². The van der Waals surface area contributed by atoms with Gasteiger partial charge in [-0.2, -0.15) is 0 Å². The molecule has 1 aromatic carbocycles. The minimum atomic E-state index is 0.0555. The first-order valence-corrected chi connectivity index (χ1v) is 11.5. The molecule has 4 rings (SSSR count). The average molecular weight is 422 g/mol. The first-order chi connectivity index (χ1) is 14.9. The van der Waals surface area contributed by atoms with Crippen LogP contribution in [0, 0.1) is 12.0 Å². The van der Waals surface area contributed by atoms with Crippen molar-refractivity contribution in [1.82, 2.24) is 25.0 Å². The number of rotatable bonds is 4. The number of H-pyrrole nitrogens is 1. The van der Waals surface area contributed by atoms with Crippen LogP contribution >= 0.6 is 0 Å². The lowest BCUT2D eigenvalue weighted by Gasteiger charge is -2.46. The maximum absolute atomic E-state index is 12.7. The van der Waals surface area contributed by atoms with Gasteiger partial charge in [-0.1, -0.05) is 18.1 Å². The molecule has 0 bridgehead atoms. The molecule has 0 radical (unpaired) electrons. The number of carbonyl (C=O) groups is 1. The first kappa shape index (κ1) is 21.6. The number of likely N-dealkylation sites (tertiary alicyclic amines) is 1. The molecule has 2 aliphatic rings. The molecule has 2 heterocycles. The summed E-state index contributed by atoms with van der Waals surface area (Å²) in [6, 6.07) is 10.4. The van der Waals surface area contributed by atoms with Gasteiger partial charge in [-0.25, -0.2) is 4.79 Å². The van der Waals surface area contributed by atoms with Crippen molar-refractivity contribution in [2.75, 3.05) is 40.8 Å². The maximum Gasteiger partial charge on any atom is 0.317 e. The number of benzene rings is 1. The summed E-state index contributed by atoms with van der Waals surface area (Å²) in [7, 11) is 6.14. The van der Waals surface area contributed by atoms with Gasteiger partial charge < -0.3 is 25.0 Å². The monoisotopic (exact) mass is 421 g/mol. The van der Waals surface area contributed by atoms with E-state index in [-0.39, 0.29) is 12.1 Å². The Morgan fingerprint density at radius 3 is 2.77 bits per heavy atom. The van der Waals surface area contributed by atoms with Crippen LogP contribution in [0.2, 0.25) is 0 Å². The van der Waals surface area contributed by atoms with Crippen molar-refractivity contribution in [2.45, 2.75) is 51.1 Å². The predicted octanol–water partition coefficient (Wildman–Crippen LogP) is 3.00. The van der Waals surface area contributed by atoms with Crippen molar-refractivity contribution in [3.8, 4) is 12.0 Å². The molecule has 0 spiro atoms. The van der Waals surface area contributed by atoms with Crippen LogP contribution < -0.4 is 5.32 Å². The second kappa shape index (κ2) is 8.84. The minimum Gasteiger partial charge on any atom is -0.357 e. The summed E-state index contributed by atoms with van der Waals surface area (Å²) in [6.45, 7) is 6.42. The van der Waals surface area contributed by atoms with E-state index in [1.807, 2.05) is 37.7 Å². The van der Waals surface area contributed by atoms with Gasteiger partial charge in [-0.15, -0.1) is 0 Å². The van der Waals surface area contributed by atoms with E-state index >= 15 is 0 Å². The van der Waals surface area contributed by atoms with Crippen molar-refractivity contribution in [3.63, 3.8) is 0 Å². The Labute approximate surface area is 186 Å². The third-order valence-corrected chi connectivity index (χ3v) is 6.88. The molecule has 166 valence electrons. The highest BCUT2D eigenvalue weighted by Crippen LogP contribution is 2.44. The highest BCUT2D eigenvalue weighted by atomic mass is 16.2. The number of nitrogens with zero attached hydrogens (tertiary/aromatic N) is 3. The number of likely N-dealkylation sites (N-methyl/N-ethyl adjacent to an activating group) is 1. The Balaban J connectivity index is 1.63. The van der Waals surface area contributed by atoms with Gasteiger partial charge in [0.2, 0.25) is 0 Å². The first-order valence-electron chi connectivity index (χ1n) is 11.5. The molecule has 2 aromatic rings. The molecule has 1 aliphatic carbocycles. The molecule has 3 atom stereocenters. The number of aromatic amines is 1. The SMILES string of the molecule is CCN(CC)C(=O)N[C@H]1CC2c3cccc4[nH]c(CC#CN(C)C)c(c34)C[C@H]2N(C)C1. The number of amides is 2. The predicted molar refractivity (Wildman–Crippen MR) is 126 cm³/mol. The molecular weight excluding hydrogens is 386 g/mol. The minimum absolute atomic E-state index is 0.0555. The van der Waals surface area contributed by atoms with E-state index in [2.05, 4.69) is 52.4 Å². The lowest BCUT2D eigenvalue weighted by molar-refractivity contribution is 0.124. The summed E-state index contributed by atoms with van der Waals surface area (Å²) in [5, 5.41) is 4.68. The third kappa shape index (κ3) is 4.12. The fourth-order valence-electron chi connectivity index (χ4n) is 5.42. The van der Waals surface area contributed by atoms with Gasteiger partial charge in [0.05, 0.1) is 6.42 Å². The van der Waals surface area contributed by atoms with Crippen molar-refractivity contribution in [3.05, 3.63) is 35.0 Å². The Morgan fingerprint density at radius 1 is 1.29 bits per heavy atom. The molecule has 31 heavy (non-hydrogen) atoms. The summed E-state index contributed by atoms with van der Waals surface area (Å²) in [5.41, 5.74) is 5.31. The van der Waals surface area contributed by atoms with Crippen molar-refractivity contribution < 1.29 is 4.79 Å². The number of piperidine rings is 1. The van der Waals surface area contributed by atoms with E-state index in [1.165, 1.54) is 27.7 Å². The molecule has 1 aromatic heterocycles. The van der Waals surface area contributed by atoms with E-state index < -0.39 is 0 Å². The van der Waals surface area contributed by atoms with Gasteiger partial charge in [-0.3, -0.25) is 0 Å². The van der Waals surface area contributed by atoms with Crippen LogP contribution in [0.25, 0.3) is 10.9 Å². The lowest BCUT2D eigenvalue weighted by Crippen LogP contribution is -2.56. The van der Waals surface area contributed by atoms with Gasteiger partial charge in [0.25, 0.3) is 0 Å². The number of fused-ring (bicyclic) bond motifs is 2. The molecule has 0 saturated carbocycles. The smallest absolute Gasteiger partial charge is 0.317 e. The van der Waals surface area contributed by atoms with Crippen LogP contribution in [-0.4, -0.2) is 78.6 Å². The highest BCUT2D eigenvalue weighted by molar-refractivity contribution is 5.90. The zero-order valence-electron chi connectivity index (χ0n) is 19.5. The fourth-order valence-corrected chi connectivity index (χ4v) is 5.42. The van der Waals surface area contributed by atoms with E-state index in [4.69, 9.17) is 0 Å². The second-order valence-electron chi connectivity index (χ2n) is 9.08. The van der Waals surface area contributed by atoms with Gasteiger partial charge in [0.1, 0.15) is 0 Å². The highest BCUT2D eigenvalue weighted by Gasteiger charge is 2.40. The second-order valence-corrected chi connectivity index (χ2v) is 9.08. The Morgan fingerprint density at radius 2 is 2.06 bits per heavy atom. The maximum atomic E-state index is 12.7. The summed E-state index contributed by atoms with van der Waals surface area (Å²) < 4.78 is 0. The average Bonchev–Trinajstić information content (AvgIpc) is 3.08. The van der Waals surface area contributed by atoms with Crippen molar-refractivity contribution in [1.29, 1.82) is 0 Å². The Bertz CT molecular complexity index is 1010. The molecule has 1 aliphatic heterocycles. The van der Waals surface area contributed by atoms with Crippen LogP contribution in [0.1, 0.15) is 43.0 Å². The Kier molecular flexibility index (Phi) is 6.15. The van der Waals surface area contributed by atoms with Crippen molar-refractivity contribution in [2.24, 2.45) is 0 Å². The van der Waals surface area contributed by atoms with E-state index in [0.29, 0.717) is 12.0 Å². The number of aromatic nitrogens is 1. The standard InChI is InChI=1S/C25H35N5O/c1-6-30(7-2)25(31)26-17-14-19-18-10-8-11-22-24(18)20(15-23(19)29(5)16-17)21(27-22)12-9-13-28(3)4/h8,10-11,17,19,23,27H,6-7,12,14-16H2,1-5H3,(H,26,31)/t17-,19?,23+/m0/s1. The fraction of sp³-hybridized carbons (Fsp3) is 0.560. The normalized spacial score (nSPS) is 22.4. The topological polar surface area (TPSA) is 54.6 Å². The third-order valence-electron chi connectivity index (χ3n) is 6.88. The summed E-state index contributed by atoms with van der Waals surface area (Å²) >= 11 is 0. The largest absolute Gasteiger partial charge is 0.357 e. The molecular formula is C25H35N5O. The summed E-state index contributed by atoms with van der Waals surface area (Å²) in [5.74, 6) is 3.72. The van der Waals surface area contributed by atoms with Crippen LogP contribution in [0.3, 0.4) is 0 Å². The van der Waals surface area contributed by atoms with E-state index in [0.717, 1.165) is 38.9 Å². The molecule has 1 saturated heterocycles. The molecule has 1 unspecified atom stereocenters. The van der Waals surface area contributed by atoms with Crippen LogP contribution in [0.4, 0.5) is 4.79 Å². The lowest BCUT2D eigenvalue weighted by atomic mass is 9.73. The molecule has 6 nitrogen and oxygen atoms in total. The number of urea groups is 1. The van der Waals surface area contributed by atoms with Gasteiger partial charge in [-0.05, 0) is 50.9 Å². The van der Waals surface area contributed by atoms with Crippen LogP contribution in [0.5, 0.6) is 0 Å². The quantitative estimate of drug-likeness (QED) is 0.590. The zero-order valence-corrected chi connectivity index (χ0v) is 19.5. The molecule has 2 amide bonds. The Hall–Kier alpha value is -2.65. The van der Waals surface area contributed by atoms with Crippen molar-refractivity contribution >= 4 is 16.9 Å². The van der Waals surface area contributed by atoms with Gasteiger partial charge in [0, 0.05) is 74.4 Å². The number of hydrogen-bond donors (Lipinski definition) is 2.